The Morgan fingerprint density at radius 3 is 2.43 bits per heavy atom. The van der Waals surface area contributed by atoms with Crippen LogP contribution >= 0.6 is 35.4 Å². The Balaban J connectivity index is 1.77. The summed E-state index contributed by atoms with van der Waals surface area (Å²) >= 11 is 17.4. The van der Waals surface area contributed by atoms with Crippen LogP contribution in [0.15, 0.2) is 42.5 Å². The van der Waals surface area contributed by atoms with Gasteiger partial charge in [0.1, 0.15) is 0 Å². The summed E-state index contributed by atoms with van der Waals surface area (Å²) < 4.78 is 2.11. The molecule has 8 heteroatoms. The highest BCUT2D eigenvalue weighted by molar-refractivity contribution is 7.71. The van der Waals surface area contributed by atoms with Gasteiger partial charge in [0.2, 0.25) is 0 Å². The number of H-pyrrole nitrogens is 1. The average molecular weight is 435 g/mol. The number of benzene rings is 2. The van der Waals surface area contributed by atoms with Crippen molar-refractivity contribution in [3.05, 3.63) is 74.2 Å². The second kappa shape index (κ2) is 8.07. The van der Waals surface area contributed by atoms with E-state index in [2.05, 4.69) is 36.3 Å². The van der Waals surface area contributed by atoms with Crippen LogP contribution < -0.4 is 5.32 Å². The van der Waals surface area contributed by atoms with E-state index < -0.39 is 0 Å². The van der Waals surface area contributed by atoms with Gasteiger partial charge in [-0.1, -0.05) is 56.1 Å². The maximum Gasteiger partial charge on any atom is 0.251 e. The van der Waals surface area contributed by atoms with Gasteiger partial charge < -0.3 is 5.32 Å². The first-order chi connectivity index (χ1) is 13.2. The quantitative estimate of drug-likeness (QED) is 0.535. The lowest BCUT2D eigenvalue weighted by atomic mass is 9.87. The number of hydrogen-bond donors (Lipinski definition) is 2. The van der Waals surface area contributed by atoms with E-state index in [1.165, 1.54) is 5.56 Å². The van der Waals surface area contributed by atoms with Crippen LogP contribution in [0.4, 0.5) is 0 Å². The first-order valence-electron chi connectivity index (χ1n) is 8.67. The minimum Gasteiger partial charge on any atom is -0.345 e. The van der Waals surface area contributed by atoms with Crippen LogP contribution in [-0.4, -0.2) is 20.7 Å². The summed E-state index contributed by atoms with van der Waals surface area (Å²) in [5, 5.41) is 10.7. The fourth-order valence-electron chi connectivity index (χ4n) is 2.72. The third-order valence-electron chi connectivity index (χ3n) is 4.32. The highest BCUT2D eigenvalue weighted by Gasteiger charge is 2.15. The molecule has 0 aliphatic carbocycles. The van der Waals surface area contributed by atoms with Crippen molar-refractivity contribution in [2.75, 3.05) is 0 Å². The Labute approximate surface area is 178 Å². The molecule has 1 heterocycles. The maximum absolute atomic E-state index is 12.5. The summed E-state index contributed by atoms with van der Waals surface area (Å²) in [5.41, 5.74) is 2.51. The summed E-state index contributed by atoms with van der Waals surface area (Å²) in [5.74, 6) is 0.373. The van der Waals surface area contributed by atoms with Gasteiger partial charge in [0, 0.05) is 5.56 Å². The maximum atomic E-state index is 12.5. The molecule has 5 nitrogen and oxygen atoms in total. The summed E-state index contributed by atoms with van der Waals surface area (Å²) in [6.45, 7) is 6.60. The summed E-state index contributed by atoms with van der Waals surface area (Å²) in [6, 6.07) is 12.8. The molecule has 0 bridgehead atoms. The summed E-state index contributed by atoms with van der Waals surface area (Å²) in [4.78, 5) is 12.5. The first kappa shape index (κ1) is 20.6. The Bertz CT molecular complexity index is 1070. The monoisotopic (exact) mass is 434 g/mol. The molecule has 2 N–H and O–H groups in total. The predicted molar refractivity (Wildman–Crippen MR) is 115 cm³/mol. The molecule has 3 rings (SSSR count). The van der Waals surface area contributed by atoms with E-state index in [0.29, 0.717) is 31.9 Å². The Morgan fingerprint density at radius 2 is 1.82 bits per heavy atom. The van der Waals surface area contributed by atoms with Gasteiger partial charge in [0.25, 0.3) is 5.91 Å². The fourth-order valence-corrected chi connectivity index (χ4v) is 3.27. The molecule has 0 aliphatic heterocycles. The van der Waals surface area contributed by atoms with Crippen molar-refractivity contribution in [3.8, 4) is 5.69 Å². The van der Waals surface area contributed by atoms with Crippen LogP contribution in [0.3, 0.4) is 0 Å². The number of carbonyl (C=O) groups is 1. The average Bonchev–Trinajstić information content (AvgIpc) is 3.02. The third-order valence-corrected chi connectivity index (χ3v) is 5.34. The van der Waals surface area contributed by atoms with Gasteiger partial charge >= 0.3 is 0 Å². The van der Waals surface area contributed by atoms with Crippen LogP contribution in [-0.2, 0) is 12.0 Å². The standard InChI is InChI=1S/C20H20Cl2N4OS/c1-20(2,3)13-6-4-12(5-7-13)18(27)23-11-17-24-25-19(28)26(17)14-8-9-15(21)16(22)10-14/h4-10H,11H2,1-3H3,(H,23,27)(H,25,28). The molecule has 0 aliphatic rings. The second-order valence-electron chi connectivity index (χ2n) is 7.39. The number of rotatable bonds is 4. The lowest BCUT2D eigenvalue weighted by Crippen LogP contribution is -2.24. The predicted octanol–water partition coefficient (Wildman–Crippen LogP) is 5.46. The van der Waals surface area contributed by atoms with Crippen LogP contribution in [0.1, 0.15) is 42.5 Å². The van der Waals surface area contributed by atoms with Crippen molar-refractivity contribution in [2.45, 2.75) is 32.7 Å². The van der Waals surface area contributed by atoms with Crippen LogP contribution in [0.25, 0.3) is 5.69 Å². The molecule has 0 saturated heterocycles. The van der Waals surface area contributed by atoms with E-state index in [0.717, 1.165) is 0 Å². The molecule has 28 heavy (non-hydrogen) atoms. The Morgan fingerprint density at radius 1 is 1.14 bits per heavy atom. The number of aromatic amines is 1. The van der Waals surface area contributed by atoms with E-state index in [1.54, 1.807) is 22.8 Å². The number of halogens is 2. The number of aromatic nitrogens is 3. The zero-order chi connectivity index (χ0) is 20.5. The molecule has 0 atom stereocenters. The number of amides is 1. The molecular formula is C20H20Cl2N4OS. The van der Waals surface area contributed by atoms with Crippen molar-refractivity contribution in [2.24, 2.45) is 0 Å². The molecule has 2 aromatic carbocycles. The van der Waals surface area contributed by atoms with E-state index in [1.807, 2.05) is 24.3 Å². The van der Waals surface area contributed by atoms with E-state index in [4.69, 9.17) is 35.4 Å². The topological polar surface area (TPSA) is 62.7 Å². The third kappa shape index (κ3) is 4.46. The van der Waals surface area contributed by atoms with Crippen molar-refractivity contribution in [3.63, 3.8) is 0 Å². The van der Waals surface area contributed by atoms with Crippen molar-refractivity contribution < 1.29 is 4.79 Å². The van der Waals surface area contributed by atoms with Crippen LogP contribution in [0.5, 0.6) is 0 Å². The molecule has 3 aromatic rings. The number of nitrogens with one attached hydrogen (secondary N) is 2. The number of carbonyl (C=O) groups excluding carboxylic acids is 1. The molecule has 0 spiro atoms. The zero-order valence-corrected chi connectivity index (χ0v) is 18.0. The van der Waals surface area contributed by atoms with Crippen molar-refractivity contribution in [1.82, 2.24) is 20.1 Å². The van der Waals surface area contributed by atoms with Crippen molar-refractivity contribution in [1.29, 1.82) is 0 Å². The largest absolute Gasteiger partial charge is 0.345 e. The highest BCUT2D eigenvalue weighted by Crippen LogP contribution is 2.25. The molecule has 146 valence electrons. The number of nitrogens with zero attached hydrogens (tertiary/aromatic N) is 2. The van der Waals surface area contributed by atoms with Gasteiger partial charge in [-0.05, 0) is 53.5 Å². The molecule has 0 fully saturated rings. The molecule has 0 saturated carbocycles. The molecule has 0 radical (unpaired) electrons. The van der Waals surface area contributed by atoms with E-state index >= 15 is 0 Å². The van der Waals surface area contributed by atoms with Gasteiger partial charge in [0.05, 0.1) is 22.3 Å². The normalized spacial score (nSPS) is 11.5. The van der Waals surface area contributed by atoms with Crippen LogP contribution in [0, 0.1) is 4.77 Å². The minimum atomic E-state index is -0.185. The van der Waals surface area contributed by atoms with E-state index in [9.17, 15) is 4.79 Å². The smallest absolute Gasteiger partial charge is 0.251 e. The first-order valence-corrected chi connectivity index (χ1v) is 9.83. The van der Waals surface area contributed by atoms with Gasteiger partial charge in [-0.15, -0.1) is 0 Å². The zero-order valence-electron chi connectivity index (χ0n) is 15.7. The minimum absolute atomic E-state index is 0.0370. The lowest BCUT2D eigenvalue weighted by Gasteiger charge is -2.19. The second-order valence-corrected chi connectivity index (χ2v) is 8.59. The van der Waals surface area contributed by atoms with Crippen molar-refractivity contribution >= 4 is 41.3 Å². The molecular weight excluding hydrogens is 415 g/mol. The van der Waals surface area contributed by atoms with Gasteiger partial charge in [-0.25, -0.2) is 0 Å². The Hall–Kier alpha value is -2.15. The Kier molecular flexibility index (Phi) is 5.93. The van der Waals surface area contributed by atoms with Gasteiger partial charge in [-0.2, -0.15) is 5.10 Å². The summed E-state index contributed by atoms with van der Waals surface area (Å²) in [7, 11) is 0. The van der Waals surface area contributed by atoms with Gasteiger partial charge in [-0.3, -0.25) is 14.5 Å². The SMILES string of the molecule is CC(C)(C)c1ccc(C(=O)NCc2n[nH]c(=S)n2-c2ccc(Cl)c(Cl)c2)cc1. The van der Waals surface area contributed by atoms with E-state index in [-0.39, 0.29) is 17.9 Å². The molecule has 0 unspecified atom stereocenters. The molecule has 1 amide bonds. The summed E-state index contributed by atoms with van der Waals surface area (Å²) in [6.07, 6.45) is 0. The van der Waals surface area contributed by atoms with Gasteiger partial charge in [0.15, 0.2) is 10.6 Å². The number of hydrogen-bond acceptors (Lipinski definition) is 3. The fraction of sp³-hybridized carbons (Fsp3) is 0.250. The lowest BCUT2D eigenvalue weighted by molar-refractivity contribution is 0.0949. The molecule has 1 aromatic heterocycles. The highest BCUT2D eigenvalue weighted by atomic mass is 35.5. The van der Waals surface area contributed by atoms with Crippen LogP contribution in [0.2, 0.25) is 10.0 Å².